The summed E-state index contributed by atoms with van der Waals surface area (Å²) in [5.74, 6) is -0.458. The van der Waals surface area contributed by atoms with Crippen molar-refractivity contribution in [3.8, 4) is 0 Å². The van der Waals surface area contributed by atoms with Gasteiger partial charge >= 0.3 is 5.97 Å². The van der Waals surface area contributed by atoms with Crippen LogP contribution < -0.4 is 0 Å². The third-order valence-electron chi connectivity index (χ3n) is 3.50. The molecule has 1 amide bonds. The number of carboxylic acid groups (broad SMARTS) is 1. The number of thiophene rings is 1. The Morgan fingerprint density at radius 1 is 1.47 bits per heavy atom. The minimum Gasteiger partial charge on any atom is -0.481 e. The summed E-state index contributed by atoms with van der Waals surface area (Å²) in [6.45, 7) is 1.33. The summed E-state index contributed by atoms with van der Waals surface area (Å²) in [7, 11) is 0. The van der Waals surface area contributed by atoms with Gasteiger partial charge < -0.3 is 10.0 Å². The van der Waals surface area contributed by atoms with Crippen LogP contribution in [0.25, 0.3) is 0 Å². The molecule has 1 aromatic heterocycles. The predicted molar refractivity (Wildman–Crippen MR) is 74.2 cm³/mol. The largest absolute Gasteiger partial charge is 0.481 e. The Hall–Kier alpha value is -1.36. The Labute approximate surface area is 117 Å². The van der Waals surface area contributed by atoms with E-state index in [0.717, 1.165) is 25.8 Å². The number of aliphatic carboxylic acids is 1. The fourth-order valence-electron chi connectivity index (χ4n) is 2.50. The lowest BCUT2D eigenvalue weighted by Crippen LogP contribution is -2.28. The Morgan fingerprint density at radius 3 is 3.00 bits per heavy atom. The number of hydrogen-bond acceptors (Lipinski definition) is 3. The summed E-state index contributed by atoms with van der Waals surface area (Å²) >= 11 is 1.72. The van der Waals surface area contributed by atoms with Gasteiger partial charge in [0.1, 0.15) is 0 Å². The van der Waals surface area contributed by atoms with E-state index in [0.29, 0.717) is 13.0 Å². The van der Waals surface area contributed by atoms with Crippen LogP contribution in [0.1, 0.15) is 30.6 Å². The number of rotatable bonds is 6. The zero-order valence-electron chi connectivity index (χ0n) is 10.9. The first-order valence-corrected chi connectivity index (χ1v) is 7.55. The van der Waals surface area contributed by atoms with Crippen molar-refractivity contribution in [1.29, 1.82) is 0 Å². The number of amides is 1. The molecule has 1 fully saturated rings. The number of nitrogens with zero attached hydrogens (tertiary/aromatic N) is 1. The molecule has 104 valence electrons. The Balaban J connectivity index is 1.68. The maximum absolute atomic E-state index is 12.0. The smallest absolute Gasteiger partial charge is 0.303 e. The van der Waals surface area contributed by atoms with Gasteiger partial charge in [-0.25, -0.2) is 0 Å². The second-order valence-corrected chi connectivity index (χ2v) is 6.06. The predicted octanol–water partition coefficient (Wildman–Crippen LogP) is 2.39. The molecule has 2 heterocycles. The van der Waals surface area contributed by atoms with Gasteiger partial charge in [0.25, 0.3) is 0 Å². The van der Waals surface area contributed by atoms with Crippen LogP contribution in [0, 0.1) is 5.92 Å². The van der Waals surface area contributed by atoms with E-state index in [-0.39, 0.29) is 18.2 Å². The van der Waals surface area contributed by atoms with Crippen molar-refractivity contribution in [1.82, 2.24) is 4.90 Å². The fraction of sp³-hybridized carbons (Fsp3) is 0.571. The third-order valence-corrected chi connectivity index (χ3v) is 4.43. The Kier molecular flexibility index (Phi) is 4.96. The second-order valence-electron chi connectivity index (χ2n) is 5.03. The molecule has 0 radical (unpaired) electrons. The highest BCUT2D eigenvalue weighted by atomic mass is 32.1. The zero-order valence-corrected chi connectivity index (χ0v) is 11.7. The topological polar surface area (TPSA) is 57.6 Å². The van der Waals surface area contributed by atoms with Crippen molar-refractivity contribution >= 4 is 23.2 Å². The van der Waals surface area contributed by atoms with E-state index in [1.165, 1.54) is 4.88 Å². The molecule has 1 aromatic rings. The summed E-state index contributed by atoms with van der Waals surface area (Å²) in [4.78, 5) is 25.8. The summed E-state index contributed by atoms with van der Waals surface area (Å²) in [6, 6.07) is 4.12. The average Bonchev–Trinajstić information content (AvgIpc) is 2.99. The number of carbonyl (C=O) groups is 2. The minimum atomic E-state index is -0.767. The maximum Gasteiger partial charge on any atom is 0.303 e. The van der Waals surface area contributed by atoms with Crippen LogP contribution in [0.5, 0.6) is 0 Å². The van der Waals surface area contributed by atoms with Gasteiger partial charge in [-0.2, -0.15) is 0 Å². The molecule has 5 heteroatoms. The molecule has 1 aliphatic rings. The van der Waals surface area contributed by atoms with Gasteiger partial charge in [0.15, 0.2) is 0 Å². The van der Waals surface area contributed by atoms with Gasteiger partial charge in [0.2, 0.25) is 5.91 Å². The molecular weight excluding hydrogens is 262 g/mol. The first-order valence-electron chi connectivity index (χ1n) is 6.67. The lowest BCUT2D eigenvalue weighted by molar-refractivity contribution is -0.138. The highest BCUT2D eigenvalue weighted by Crippen LogP contribution is 2.21. The van der Waals surface area contributed by atoms with Crippen molar-refractivity contribution in [2.24, 2.45) is 5.92 Å². The summed E-state index contributed by atoms with van der Waals surface area (Å²) < 4.78 is 0. The van der Waals surface area contributed by atoms with Crippen LogP contribution in [-0.2, 0) is 16.0 Å². The molecule has 2 rings (SSSR count). The summed E-state index contributed by atoms with van der Waals surface area (Å²) in [5.41, 5.74) is 0. The summed E-state index contributed by atoms with van der Waals surface area (Å²) in [5, 5.41) is 10.8. The molecule has 1 atom stereocenters. The molecular formula is C14H19NO3S. The average molecular weight is 281 g/mol. The quantitative estimate of drug-likeness (QED) is 0.871. The van der Waals surface area contributed by atoms with Gasteiger partial charge in [-0.1, -0.05) is 6.07 Å². The van der Waals surface area contributed by atoms with Crippen LogP contribution >= 0.6 is 11.3 Å². The molecule has 0 bridgehead atoms. The first kappa shape index (κ1) is 14.1. The SMILES string of the molecule is O=C(O)CC1CCN(C(=O)CCCc2cccs2)C1. The Morgan fingerprint density at radius 2 is 2.32 bits per heavy atom. The molecule has 1 N–H and O–H groups in total. The Bertz CT molecular complexity index is 430. The van der Waals surface area contributed by atoms with Crippen molar-refractivity contribution in [3.05, 3.63) is 22.4 Å². The minimum absolute atomic E-state index is 0.138. The maximum atomic E-state index is 12.0. The van der Waals surface area contributed by atoms with Crippen LogP contribution in [0.3, 0.4) is 0 Å². The highest BCUT2D eigenvalue weighted by molar-refractivity contribution is 7.09. The molecule has 0 saturated carbocycles. The number of aryl methyl sites for hydroxylation is 1. The molecule has 0 aliphatic carbocycles. The van der Waals surface area contributed by atoms with Gasteiger partial charge in [-0.15, -0.1) is 11.3 Å². The summed E-state index contributed by atoms with van der Waals surface area (Å²) in [6.07, 6.45) is 3.40. The van der Waals surface area contributed by atoms with E-state index >= 15 is 0 Å². The van der Waals surface area contributed by atoms with Gasteiger partial charge in [0, 0.05) is 30.8 Å². The van der Waals surface area contributed by atoms with Gasteiger partial charge in [-0.05, 0) is 36.6 Å². The third kappa shape index (κ3) is 4.35. The number of carbonyl (C=O) groups excluding carboxylic acids is 1. The molecule has 19 heavy (non-hydrogen) atoms. The van der Waals surface area contributed by atoms with Crippen molar-refractivity contribution < 1.29 is 14.7 Å². The number of carboxylic acids is 1. The van der Waals surface area contributed by atoms with Crippen LogP contribution in [-0.4, -0.2) is 35.0 Å². The molecule has 1 saturated heterocycles. The molecule has 1 unspecified atom stereocenters. The lowest BCUT2D eigenvalue weighted by atomic mass is 10.1. The highest BCUT2D eigenvalue weighted by Gasteiger charge is 2.27. The van der Waals surface area contributed by atoms with Gasteiger partial charge in [0.05, 0.1) is 0 Å². The number of likely N-dealkylation sites (tertiary alicyclic amines) is 1. The van der Waals surface area contributed by atoms with Crippen molar-refractivity contribution in [3.63, 3.8) is 0 Å². The van der Waals surface area contributed by atoms with Crippen molar-refractivity contribution in [2.45, 2.75) is 32.1 Å². The molecule has 4 nitrogen and oxygen atoms in total. The molecule has 0 spiro atoms. The van der Waals surface area contributed by atoms with E-state index < -0.39 is 5.97 Å². The van der Waals surface area contributed by atoms with Crippen molar-refractivity contribution in [2.75, 3.05) is 13.1 Å². The molecule has 0 aromatic carbocycles. The lowest BCUT2D eigenvalue weighted by Gasteiger charge is -2.16. The van der Waals surface area contributed by atoms with Crippen LogP contribution in [0.4, 0.5) is 0 Å². The fourth-order valence-corrected chi connectivity index (χ4v) is 3.25. The number of hydrogen-bond donors (Lipinski definition) is 1. The van der Waals surface area contributed by atoms with E-state index in [4.69, 9.17) is 5.11 Å². The van der Waals surface area contributed by atoms with E-state index in [9.17, 15) is 9.59 Å². The van der Waals surface area contributed by atoms with E-state index in [1.54, 1.807) is 11.3 Å². The van der Waals surface area contributed by atoms with Crippen LogP contribution in [0.2, 0.25) is 0 Å². The zero-order chi connectivity index (χ0) is 13.7. The normalized spacial score (nSPS) is 18.7. The van der Waals surface area contributed by atoms with Gasteiger partial charge in [-0.3, -0.25) is 9.59 Å². The second kappa shape index (κ2) is 6.70. The van der Waals surface area contributed by atoms with Crippen LogP contribution in [0.15, 0.2) is 17.5 Å². The van der Waals surface area contributed by atoms with E-state index in [2.05, 4.69) is 6.07 Å². The molecule has 1 aliphatic heterocycles. The van der Waals surface area contributed by atoms with E-state index in [1.807, 2.05) is 16.3 Å². The monoisotopic (exact) mass is 281 g/mol. The standard InChI is InChI=1S/C14H19NO3S/c16-13(5-1-3-12-4-2-8-19-12)15-7-6-11(10-15)9-14(17)18/h2,4,8,11H,1,3,5-7,9-10H2,(H,17,18). The first-order chi connectivity index (χ1) is 9.15.